The number of piperidine rings is 1. The van der Waals surface area contributed by atoms with Crippen molar-refractivity contribution >= 4 is 15.7 Å². The molecule has 1 aromatic carbocycles. The fourth-order valence-electron chi connectivity index (χ4n) is 3.66. The van der Waals surface area contributed by atoms with Gasteiger partial charge in [-0.15, -0.1) is 0 Å². The molecule has 2 saturated heterocycles. The van der Waals surface area contributed by atoms with E-state index in [4.69, 9.17) is 0 Å². The summed E-state index contributed by atoms with van der Waals surface area (Å²) in [6.07, 6.45) is 4.09. The summed E-state index contributed by atoms with van der Waals surface area (Å²) in [5.74, 6) is -1.64. The van der Waals surface area contributed by atoms with Crippen LogP contribution in [0.1, 0.15) is 32.6 Å². The first-order valence-electron chi connectivity index (χ1n) is 8.38. The summed E-state index contributed by atoms with van der Waals surface area (Å²) >= 11 is 0. The van der Waals surface area contributed by atoms with Gasteiger partial charge in [0.25, 0.3) is 0 Å². The number of rotatable bonds is 5. The van der Waals surface area contributed by atoms with Gasteiger partial charge in [0.15, 0.2) is 9.84 Å². The number of amides is 1. The standard InChI is InChI=1S/C17H23FN2O3S/c1-11(10-24(22,23)16-6-2-12(18)3-7-16)17(21)20-15-8-13-4-5-14(9-15)19-13/h2-3,6-7,11,13-15,19H,4-5,8-10H2,1H3,(H,20,21). The highest BCUT2D eigenvalue weighted by molar-refractivity contribution is 7.91. The predicted molar refractivity (Wildman–Crippen MR) is 88.7 cm³/mol. The Hall–Kier alpha value is -1.47. The Morgan fingerprint density at radius 3 is 2.42 bits per heavy atom. The lowest BCUT2D eigenvalue weighted by Gasteiger charge is -2.30. The summed E-state index contributed by atoms with van der Waals surface area (Å²) in [5, 5.41) is 6.51. The Morgan fingerprint density at radius 2 is 1.83 bits per heavy atom. The van der Waals surface area contributed by atoms with Crippen LogP contribution in [0.3, 0.4) is 0 Å². The average Bonchev–Trinajstić information content (AvgIpc) is 2.86. The predicted octanol–water partition coefficient (Wildman–Crippen LogP) is 1.63. The van der Waals surface area contributed by atoms with Gasteiger partial charge in [-0.2, -0.15) is 0 Å². The highest BCUT2D eigenvalue weighted by atomic mass is 32.2. The molecule has 3 unspecified atom stereocenters. The minimum absolute atomic E-state index is 0.0449. The minimum Gasteiger partial charge on any atom is -0.353 e. The van der Waals surface area contributed by atoms with Crippen LogP contribution in [0, 0.1) is 11.7 Å². The topological polar surface area (TPSA) is 75.3 Å². The van der Waals surface area contributed by atoms with Crippen molar-refractivity contribution in [1.29, 1.82) is 0 Å². The average molecular weight is 354 g/mol. The molecule has 7 heteroatoms. The van der Waals surface area contributed by atoms with Crippen molar-refractivity contribution in [2.24, 2.45) is 5.92 Å². The first-order valence-corrected chi connectivity index (χ1v) is 10.0. The monoisotopic (exact) mass is 354 g/mol. The van der Waals surface area contributed by atoms with Crippen molar-refractivity contribution in [2.75, 3.05) is 5.75 Å². The van der Waals surface area contributed by atoms with E-state index in [-0.39, 0.29) is 22.6 Å². The zero-order valence-corrected chi connectivity index (χ0v) is 14.5. The van der Waals surface area contributed by atoms with Crippen molar-refractivity contribution in [1.82, 2.24) is 10.6 Å². The first-order chi connectivity index (χ1) is 11.3. The summed E-state index contributed by atoms with van der Waals surface area (Å²) in [6.45, 7) is 1.62. The third-order valence-electron chi connectivity index (χ3n) is 4.91. The molecule has 2 heterocycles. The van der Waals surface area contributed by atoms with Crippen LogP contribution < -0.4 is 10.6 Å². The Morgan fingerprint density at radius 1 is 1.25 bits per heavy atom. The van der Waals surface area contributed by atoms with E-state index >= 15 is 0 Å². The molecule has 5 nitrogen and oxygen atoms in total. The highest BCUT2D eigenvalue weighted by Gasteiger charge is 2.35. The fourth-order valence-corrected chi connectivity index (χ4v) is 5.21. The van der Waals surface area contributed by atoms with Crippen LogP contribution >= 0.6 is 0 Å². The lowest BCUT2D eigenvalue weighted by atomic mass is 9.99. The second-order valence-electron chi connectivity index (χ2n) is 6.95. The molecule has 1 aromatic rings. The molecule has 2 N–H and O–H groups in total. The van der Waals surface area contributed by atoms with E-state index in [1.165, 1.54) is 12.1 Å². The van der Waals surface area contributed by atoms with E-state index in [1.807, 2.05) is 0 Å². The van der Waals surface area contributed by atoms with Crippen LogP contribution in [0.2, 0.25) is 0 Å². The van der Waals surface area contributed by atoms with Crippen LogP contribution in [0.25, 0.3) is 0 Å². The zero-order valence-electron chi connectivity index (χ0n) is 13.7. The molecular weight excluding hydrogens is 331 g/mol. The summed E-state index contributed by atoms with van der Waals surface area (Å²) in [4.78, 5) is 12.4. The number of carbonyl (C=O) groups is 1. The minimum atomic E-state index is -3.61. The highest BCUT2D eigenvalue weighted by Crippen LogP contribution is 2.27. The van der Waals surface area contributed by atoms with Crippen molar-refractivity contribution in [2.45, 2.75) is 55.6 Å². The number of sulfone groups is 1. The van der Waals surface area contributed by atoms with Crippen molar-refractivity contribution in [3.8, 4) is 0 Å². The van der Waals surface area contributed by atoms with Crippen LogP contribution in [0.4, 0.5) is 4.39 Å². The molecule has 0 spiro atoms. The Labute approximate surface area is 141 Å². The summed E-state index contributed by atoms with van der Waals surface area (Å²) in [6, 6.07) is 5.75. The van der Waals surface area contributed by atoms with Crippen LogP contribution in [-0.4, -0.2) is 38.2 Å². The van der Waals surface area contributed by atoms with Gasteiger partial charge in [0.1, 0.15) is 5.82 Å². The summed E-state index contributed by atoms with van der Waals surface area (Å²) in [7, 11) is -3.61. The van der Waals surface area contributed by atoms with E-state index in [2.05, 4.69) is 10.6 Å². The van der Waals surface area contributed by atoms with Gasteiger partial charge in [-0.3, -0.25) is 4.79 Å². The second-order valence-corrected chi connectivity index (χ2v) is 8.99. The first kappa shape index (κ1) is 17.4. The SMILES string of the molecule is CC(CS(=O)(=O)c1ccc(F)cc1)C(=O)NC1CC2CCC(C1)N2. The molecule has 3 atom stereocenters. The molecule has 2 aliphatic heterocycles. The normalized spacial score (nSPS) is 27.7. The van der Waals surface area contributed by atoms with Crippen LogP contribution in [0.15, 0.2) is 29.2 Å². The quantitative estimate of drug-likeness (QED) is 0.788. The maximum absolute atomic E-state index is 12.9. The van der Waals surface area contributed by atoms with Gasteiger partial charge < -0.3 is 10.6 Å². The molecule has 24 heavy (non-hydrogen) atoms. The Bertz CT molecular complexity index is 693. The fraction of sp³-hybridized carbons (Fsp3) is 0.588. The number of benzene rings is 1. The molecule has 1 amide bonds. The number of halogens is 1. The number of hydrogen-bond donors (Lipinski definition) is 2. The second kappa shape index (κ2) is 6.80. The van der Waals surface area contributed by atoms with E-state index in [0.717, 1.165) is 37.8 Å². The van der Waals surface area contributed by atoms with Gasteiger partial charge in [-0.25, -0.2) is 12.8 Å². The van der Waals surface area contributed by atoms with Crippen LogP contribution in [-0.2, 0) is 14.6 Å². The molecule has 2 fully saturated rings. The number of hydrogen-bond acceptors (Lipinski definition) is 4. The lowest BCUT2D eigenvalue weighted by molar-refractivity contribution is -0.124. The summed E-state index contributed by atoms with van der Waals surface area (Å²) < 4.78 is 37.6. The molecule has 132 valence electrons. The maximum atomic E-state index is 12.9. The zero-order chi connectivity index (χ0) is 17.3. The van der Waals surface area contributed by atoms with Gasteiger partial charge in [-0.1, -0.05) is 6.92 Å². The molecule has 2 aliphatic rings. The lowest BCUT2D eigenvalue weighted by Crippen LogP contribution is -2.49. The Kier molecular flexibility index (Phi) is 4.92. The smallest absolute Gasteiger partial charge is 0.224 e. The van der Waals surface area contributed by atoms with E-state index in [1.54, 1.807) is 6.92 Å². The number of carbonyl (C=O) groups excluding carboxylic acids is 1. The maximum Gasteiger partial charge on any atom is 0.224 e. The van der Waals surface area contributed by atoms with Gasteiger partial charge in [0.05, 0.1) is 10.6 Å². The molecular formula is C17H23FN2O3S. The van der Waals surface area contributed by atoms with Crippen LogP contribution in [0.5, 0.6) is 0 Å². The number of nitrogens with one attached hydrogen (secondary N) is 2. The van der Waals surface area contributed by atoms with Crippen molar-refractivity contribution in [3.05, 3.63) is 30.1 Å². The molecule has 0 aromatic heterocycles. The van der Waals surface area contributed by atoms with Gasteiger partial charge in [0, 0.05) is 24.0 Å². The molecule has 0 radical (unpaired) electrons. The van der Waals surface area contributed by atoms with Crippen molar-refractivity contribution < 1.29 is 17.6 Å². The van der Waals surface area contributed by atoms with Gasteiger partial charge >= 0.3 is 0 Å². The largest absolute Gasteiger partial charge is 0.353 e. The van der Waals surface area contributed by atoms with E-state index in [0.29, 0.717) is 12.1 Å². The molecule has 3 rings (SSSR count). The summed E-state index contributed by atoms with van der Waals surface area (Å²) in [5.41, 5.74) is 0. The molecule has 0 saturated carbocycles. The van der Waals surface area contributed by atoms with E-state index < -0.39 is 21.6 Å². The third-order valence-corrected chi connectivity index (χ3v) is 6.84. The molecule has 2 bridgehead atoms. The molecule has 0 aliphatic carbocycles. The van der Waals surface area contributed by atoms with Gasteiger partial charge in [-0.05, 0) is 49.9 Å². The van der Waals surface area contributed by atoms with Gasteiger partial charge in [0.2, 0.25) is 5.91 Å². The van der Waals surface area contributed by atoms with Crippen molar-refractivity contribution in [3.63, 3.8) is 0 Å². The Balaban J connectivity index is 1.58. The number of fused-ring (bicyclic) bond motifs is 2. The van der Waals surface area contributed by atoms with E-state index in [9.17, 15) is 17.6 Å². The third kappa shape index (κ3) is 3.95.